The molecule has 0 saturated heterocycles. The lowest BCUT2D eigenvalue weighted by molar-refractivity contribution is 0.128. The first-order chi connectivity index (χ1) is 9.67. The monoisotopic (exact) mass is 276 g/mol. The molecule has 2 aromatic rings. The average molecular weight is 276 g/mol. The normalized spacial score (nSPS) is 10.5. The van der Waals surface area contributed by atoms with Crippen LogP contribution in [0.15, 0.2) is 30.3 Å². The van der Waals surface area contributed by atoms with Gasteiger partial charge in [-0.2, -0.15) is 0 Å². The zero-order chi connectivity index (χ0) is 14.4. The number of aromatic nitrogens is 2. The standard InChI is InChI=1S/C14H17FN4O/c1-2-20-9-14-18-12(16)7-13(19-14)17-8-10-4-3-5-11(15)6-10/h3-7H,2,8-9H2,1H3,(H3,16,17,18,19). The van der Waals surface area contributed by atoms with Gasteiger partial charge in [-0.05, 0) is 24.6 Å². The predicted octanol–water partition coefficient (Wildman–Crippen LogP) is 2.35. The molecule has 20 heavy (non-hydrogen) atoms. The van der Waals surface area contributed by atoms with E-state index in [1.165, 1.54) is 12.1 Å². The molecule has 5 nitrogen and oxygen atoms in total. The molecule has 0 fully saturated rings. The van der Waals surface area contributed by atoms with Gasteiger partial charge in [0.2, 0.25) is 0 Å². The van der Waals surface area contributed by atoms with Crippen LogP contribution in [0.1, 0.15) is 18.3 Å². The molecular weight excluding hydrogens is 259 g/mol. The van der Waals surface area contributed by atoms with Crippen LogP contribution in [0.4, 0.5) is 16.0 Å². The summed E-state index contributed by atoms with van der Waals surface area (Å²) in [5, 5.41) is 3.09. The van der Waals surface area contributed by atoms with Crippen LogP contribution in [-0.2, 0) is 17.9 Å². The van der Waals surface area contributed by atoms with Crippen LogP contribution in [0.25, 0.3) is 0 Å². The molecule has 0 spiro atoms. The van der Waals surface area contributed by atoms with Gasteiger partial charge in [0, 0.05) is 19.2 Å². The van der Waals surface area contributed by atoms with E-state index >= 15 is 0 Å². The fraction of sp³-hybridized carbons (Fsp3) is 0.286. The summed E-state index contributed by atoms with van der Waals surface area (Å²) in [5.74, 6) is 1.23. The average Bonchev–Trinajstić information content (AvgIpc) is 2.42. The lowest BCUT2D eigenvalue weighted by atomic mass is 10.2. The van der Waals surface area contributed by atoms with Crippen LogP contribution in [0, 0.1) is 5.82 Å². The summed E-state index contributed by atoms with van der Waals surface area (Å²) in [6.45, 7) is 3.26. The molecule has 1 heterocycles. The van der Waals surface area contributed by atoms with Gasteiger partial charge in [-0.25, -0.2) is 14.4 Å². The third-order valence-corrected chi connectivity index (χ3v) is 2.59. The zero-order valence-corrected chi connectivity index (χ0v) is 11.3. The molecule has 0 amide bonds. The van der Waals surface area contributed by atoms with Crippen LogP contribution in [0.5, 0.6) is 0 Å². The molecule has 0 atom stereocenters. The van der Waals surface area contributed by atoms with Gasteiger partial charge in [0.05, 0.1) is 0 Å². The van der Waals surface area contributed by atoms with Gasteiger partial charge in [0.1, 0.15) is 24.1 Å². The highest BCUT2D eigenvalue weighted by Gasteiger charge is 2.03. The van der Waals surface area contributed by atoms with Crippen molar-refractivity contribution in [3.63, 3.8) is 0 Å². The lowest BCUT2D eigenvalue weighted by Crippen LogP contribution is -2.07. The third-order valence-electron chi connectivity index (χ3n) is 2.59. The van der Waals surface area contributed by atoms with E-state index in [1.54, 1.807) is 12.1 Å². The minimum absolute atomic E-state index is 0.261. The summed E-state index contributed by atoms with van der Waals surface area (Å²) in [5.41, 5.74) is 6.54. The van der Waals surface area contributed by atoms with E-state index in [-0.39, 0.29) is 5.82 Å². The van der Waals surface area contributed by atoms with Crippen LogP contribution in [-0.4, -0.2) is 16.6 Å². The summed E-state index contributed by atoms with van der Waals surface area (Å²) < 4.78 is 18.3. The molecule has 2 rings (SSSR count). The molecule has 0 aliphatic carbocycles. The molecular formula is C14H17FN4O. The fourth-order valence-corrected chi connectivity index (χ4v) is 1.71. The number of nitrogens with two attached hydrogens (primary N) is 1. The minimum atomic E-state index is -0.261. The number of hydrogen-bond donors (Lipinski definition) is 2. The van der Waals surface area contributed by atoms with Crippen LogP contribution in [0.2, 0.25) is 0 Å². The van der Waals surface area contributed by atoms with Crippen molar-refractivity contribution in [1.29, 1.82) is 0 Å². The molecule has 0 saturated carbocycles. The van der Waals surface area contributed by atoms with Gasteiger partial charge in [0.25, 0.3) is 0 Å². The van der Waals surface area contributed by atoms with Crippen molar-refractivity contribution in [2.75, 3.05) is 17.7 Å². The number of rotatable bonds is 6. The maximum Gasteiger partial charge on any atom is 0.158 e. The summed E-state index contributed by atoms with van der Waals surface area (Å²) in [4.78, 5) is 8.37. The van der Waals surface area contributed by atoms with Gasteiger partial charge in [-0.3, -0.25) is 0 Å². The molecule has 0 radical (unpaired) electrons. The number of nitrogen functional groups attached to an aromatic ring is 1. The first kappa shape index (κ1) is 14.2. The van der Waals surface area contributed by atoms with Crippen molar-refractivity contribution in [3.05, 3.63) is 47.5 Å². The smallest absolute Gasteiger partial charge is 0.158 e. The fourth-order valence-electron chi connectivity index (χ4n) is 1.71. The molecule has 0 aliphatic heterocycles. The van der Waals surface area contributed by atoms with E-state index in [4.69, 9.17) is 10.5 Å². The van der Waals surface area contributed by atoms with Gasteiger partial charge < -0.3 is 15.8 Å². The van der Waals surface area contributed by atoms with Crippen LogP contribution in [0.3, 0.4) is 0 Å². The Kier molecular flexibility index (Phi) is 4.84. The first-order valence-electron chi connectivity index (χ1n) is 6.37. The van der Waals surface area contributed by atoms with E-state index in [9.17, 15) is 4.39 Å². The maximum atomic E-state index is 13.1. The van der Waals surface area contributed by atoms with E-state index < -0.39 is 0 Å². The van der Waals surface area contributed by atoms with Crippen molar-refractivity contribution in [2.24, 2.45) is 0 Å². The van der Waals surface area contributed by atoms with Crippen LogP contribution < -0.4 is 11.1 Å². The Bertz CT molecular complexity index is 577. The molecule has 6 heteroatoms. The highest BCUT2D eigenvalue weighted by atomic mass is 19.1. The summed E-state index contributed by atoms with van der Waals surface area (Å²) >= 11 is 0. The maximum absolute atomic E-state index is 13.1. The van der Waals surface area contributed by atoms with Gasteiger partial charge in [-0.1, -0.05) is 12.1 Å². The number of nitrogens with one attached hydrogen (secondary N) is 1. The van der Waals surface area contributed by atoms with E-state index in [2.05, 4.69) is 15.3 Å². The molecule has 0 unspecified atom stereocenters. The molecule has 1 aromatic carbocycles. The van der Waals surface area contributed by atoms with E-state index in [0.29, 0.717) is 37.2 Å². The second-order valence-corrected chi connectivity index (χ2v) is 4.21. The SMILES string of the molecule is CCOCc1nc(N)cc(NCc2cccc(F)c2)n1. The Balaban J connectivity index is 2.03. The van der Waals surface area contributed by atoms with E-state index in [1.807, 2.05) is 13.0 Å². The zero-order valence-electron chi connectivity index (χ0n) is 11.3. The molecule has 106 valence electrons. The van der Waals surface area contributed by atoms with E-state index in [0.717, 1.165) is 5.56 Å². The Labute approximate surface area is 117 Å². The number of ether oxygens (including phenoxy) is 1. The van der Waals surface area contributed by atoms with Crippen molar-refractivity contribution in [3.8, 4) is 0 Å². The van der Waals surface area contributed by atoms with Gasteiger partial charge in [-0.15, -0.1) is 0 Å². The molecule has 1 aromatic heterocycles. The quantitative estimate of drug-likeness (QED) is 0.847. The second kappa shape index (κ2) is 6.81. The summed E-state index contributed by atoms with van der Waals surface area (Å²) in [6.07, 6.45) is 0. The Morgan fingerprint density at radius 2 is 2.15 bits per heavy atom. The van der Waals surface area contributed by atoms with Crippen molar-refractivity contribution < 1.29 is 9.13 Å². The second-order valence-electron chi connectivity index (χ2n) is 4.21. The lowest BCUT2D eigenvalue weighted by Gasteiger charge is -2.08. The summed E-state index contributed by atoms with van der Waals surface area (Å²) in [6, 6.07) is 8.02. The minimum Gasteiger partial charge on any atom is -0.384 e. The highest BCUT2D eigenvalue weighted by molar-refractivity contribution is 5.45. The molecule has 0 bridgehead atoms. The summed E-state index contributed by atoms with van der Waals surface area (Å²) in [7, 11) is 0. The Hall–Kier alpha value is -2.21. The number of anilines is 2. The Morgan fingerprint density at radius 3 is 2.90 bits per heavy atom. The first-order valence-corrected chi connectivity index (χ1v) is 6.37. The van der Waals surface area contributed by atoms with Gasteiger partial charge >= 0.3 is 0 Å². The molecule has 3 N–H and O–H groups in total. The van der Waals surface area contributed by atoms with Crippen molar-refractivity contribution in [2.45, 2.75) is 20.1 Å². The molecule has 0 aliphatic rings. The van der Waals surface area contributed by atoms with Gasteiger partial charge in [0.15, 0.2) is 5.82 Å². The highest BCUT2D eigenvalue weighted by Crippen LogP contribution is 2.11. The van der Waals surface area contributed by atoms with Crippen molar-refractivity contribution >= 4 is 11.6 Å². The van der Waals surface area contributed by atoms with Crippen LogP contribution >= 0.6 is 0 Å². The number of hydrogen-bond acceptors (Lipinski definition) is 5. The number of benzene rings is 1. The number of nitrogens with zero attached hydrogens (tertiary/aromatic N) is 2. The third kappa shape index (κ3) is 4.17. The topological polar surface area (TPSA) is 73.1 Å². The largest absolute Gasteiger partial charge is 0.384 e. The Morgan fingerprint density at radius 1 is 1.30 bits per heavy atom. The predicted molar refractivity (Wildman–Crippen MR) is 75.5 cm³/mol. The van der Waals surface area contributed by atoms with Crippen molar-refractivity contribution in [1.82, 2.24) is 9.97 Å². The number of halogens is 1.